The van der Waals surface area contributed by atoms with Crippen LogP contribution in [0.15, 0.2) is 12.1 Å². The molecule has 0 saturated carbocycles. The van der Waals surface area contributed by atoms with Gasteiger partial charge in [0.2, 0.25) is 0 Å². The Kier molecular flexibility index (Phi) is 5.97. The number of aliphatic hydroxyl groups is 1. The van der Waals surface area contributed by atoms with Crippen molar-refractivity contribution >= 4 is 5.69 Å². The Bertz CT molecular complexity index is 257. The van der Waals surface area contributed by atoms with Gasteiger partial charge in [0.05, 0.1) is 6.61 Å². The summed E-state index contributed by atoms with van der Waals surface area (Å²) in [6.45, 7) is 8.10. The van der Waals surface area contributed by atoms with E-state index in [0.29, 0.717) is 0 Å². The molecular weight excluding hydrogens is 174 g/mol. The van der Waals surface area contributed by atoms with Crippen LogP contribution in [0.1, 0.15) is 37.5 Å². The number of aliphatic hydroxyl groups excluding tert-OH is 1. The summed E-state index contributed by atoms with van der Waals surface area (Å²) in [7, 11) is 0. The van der Waals surface area contributed by atoms with Crippen LogP contribution in [0.25, 0.3) is 0 Å². The maximum Gasteiger partial charge on any atom is 0.0702 e. The fourth-order valence-electron chi connectivity index (χ4n) is 1.38. The van der Waals surface area contributed by atoms with Crippen molar-refractivity contribution in [1.29, 1.82) is 0 Å². The number of hydrogen-bond donors (Lipinski definition) is 2. The van der Waals surface area contributed by atoms with Gasteiger partial charge < -0.3 is 10.8 Å². The summed E-state index contributed by atoms with van der Waals surface area (Å²) in [6.07, 6.45) is 0.917. The van der Waals surface area contributed by atoms with Crippen molar-refractivity contribution in [3.05, 3.63) is 28.8 Å². The second-order valence-electron chi connectivity index (χ2n) is 3.01. The molecule has 0 amide bonds. The number of nitrogens with two attached hydrogens (primary N) is 1. The van der Waals surface area contributed by atoms with Crippen molar-refractivity contribution in [1.82, 2.24) is 0 Å². The molecule has 0 aliphatic rings. The van der Waals surface area contributed by atoms with Crippen LogP contribution in [0.2, 0.25) is 0 Å². The number of hydrogen-bond acceptors (Lipinski definition) is 2. The molecule has 0 bridgehead atoms. The highest BCUT2D eigenvalue weighted by Crippen LogP contribution is 2.20. The molecule has 1 aromatic carbocycles. The Labute approximate surface area is 86.8 Å². The third-order valence-corrected chi connectivity index (χ3v) is 2.05. The number of anilines is 1. The first-order chi connectivity index (χ1) is 6.69. The molecule has 0 radical (unpaired) electrons. The molecule has 0 atom stereocenters. The quantitative estimate of drug-likeness (QED) is 0.713. The minimum absolute atomic E-state index is 0.0283. The van der Waals surface area contributed by atoms with E-state index in [-0.39, 0.29) is 6.61 Å². The topological polar surface area (TPSA) is 46.2 Å². The summed E-state index contributed by atoms with van der Waals surface area (Å²) in [6, 6.07) is 3.99. The van der Waals surface area contributed by atoms with Crippen LogP contribution in [0.5, 0.6) is 0 Å². The lowest BCUT2D eigenvalue weighted by molar-refractivity contribution is 0.282. The summed E-state index contributed by atoms with van der Waals surface area (Å²) in [5, 5.41) is 8.98. The lowest BCUT2D eigenvalue weighted by Crippen LogP contribution is -2.00. The summed E-state index contributed by atoms with van der Waals surface area (Å²) in [5.74, 6) is 0. The molecule has 2 nitrogen and oxygen atoms in total. The van der Waals surface area contributed by atoms with Crippen molar-refractivity contribution in [2.45, 2.75) is 40.7 Å². The van der Waals surface area contributed by atoms with Crippen molar-refractivity contribution in [2.24, 2.45) is 0 Å². The predicted octanol–water partition coefficient (Wildman–Crippen LogP) is 2.66. The second kappa shape index (κ2) is 6.44. The van der Waals surface area contributed by atoms with Crippen LogP contribution in [0, 0.1) is 6.92 Å². The highest BCUT2D eigenvalue weighted by molar-refractivity contribution is 5.55. The van der Waals surface area contributed by atoms with Gasteiger partial charge in [-0.2, -0.15) is 0 Å². The number of rotatable bonds is 2. The number of aryl methyl sites for hydroxylation is 2. The molecule has 14 heavy (non-hydrogen) atoms. The lowest BCUT2D eigenvalue weighted by Gasteiger charge is -2.09. The van der Waals surface area contributed by atoms with E-state index in [1.165, 1.54) is 0 Å². The molecule has 2 heteroatoms. The SMILES string of the molecule is CC.CCc1cc(C)cc(CO)c1N. The molecule has 0 saturated heterocycles. The third-order valence-electron chi connectivity index (χ3n) is 2.05. The van der Waals surface area contributed by atoms with Gasteiger partial charge in [-0.15, -0.1) is 0 Å². The summed E-state index contributed by atoms with van der Waals surface area (Å²) >= 11 is 0. The summed E-state index contributed by atoms with van der Waals surface area (Å²) in [4.78, 5) is 0. The molecule has 0 aliphatic heterocycles. The molecule has 1 rings (SSSR count). The fraction of sp³-hybridized carbons (Fsp3) is 0.500. The Morgan fingerprint density at radius 2 is 1.71 bits per heavy atom. The van der Waals surface area contributed by atoms with Gasteiger partial charge in [0.1, 0.15) is 0 Å². The van der Waals surface area contributed by atoms with E-state index in [1.54, 1.807) is 0 Å². The van der Waals surface area contributed by atoms with Crippen LogP contribution in [0.3, 0.4) is 0 Å². The predicted molar refractivity (Wildman–Crippen MR) is 62.2 cm³/mol. The van der Waals surface area contributed by atoms with Crippen molar-refractivity contribution in [2.75, 3.05) is 5.73 Å². The van der Waals surface area contributed by atoms with Crippen molar-refractivity contribution in [3.63, 3.8) is 0 Å². The molecule has 1 aromatic rings. The van der Waals surface area contributed by atoms with E-state index in [4.69, 9.17) is 10.8 Å². The zero-order chi connectivity index (χ0) is 11.1. The molecule has 0 heterocycles. The van der Waals surface area contributed by atoms with Crippen LogP contribution in [-0.2, 0) is 13.0 Å². The maximum atomic E-state index is 8.98. The Balaban J connectivity index is 0.000000791. The standard InChI is InChI=1S/C10H15NO.C2H6/c1-3-8-4-7(2)5-9(6-12)10(8)11;1-2/h4-5,12H,3,6,11H2,1-2H3;1-2H3. The average Bonchev–Trinajstić information content (AvgIpc) is 2.23. The Hall–Kier alpha value is -1.02. The average molecular weight is 195 g/mol. The number of nitrogen functional groups attached to an aromatic ring is 1. The molecule has 0 unspecified atom stereocenters. The van der Waals surface area contributed by atoms with Gasteiger partial charge in [-0.05, 0) is 18.9 Å². The fourth-order valence-corrected chi connectivity index (χ4v) is 1.38. The highest BCUT2D eigenvalue weighted by Gasteiger charge is 2.03. The Morgan fingerprint density at radius 3 is 2.14 bits per heavy atom. The van der Waals surface area contributed by atoms with E-state index in [1.807, 2.05) is 26.8 Å². The zero-order valence-electron chi connectivity index (χ0n) is 9.59. The molecular formula is C12H21NO. The zero-order valence-corrected chi connectivity index (χ0v) is 9.59. The minimum Gasteiger partial charge on any atom is -0.398 e. The first-order valence-corrected chi connectivity index (χ1v) is 5.17. The van der Waals surface area contributed by atoms with Crippen LogP contribution in [-0.4, -0.2) is 5.11 Å². The van der Waals surface area contributed by atoms with Gasteiger partial charge in [0.15, 0.2) is 0 Å². The monoisotopic (exact) mass is 195 g/mol. The van der Waals surface area contributed by atoms with Gasteiger partial charge in [0, 0.05) is 11.3 Å². The van der Waals surface area contributed by atoms with E-state index >= 15 is 0 Å². The van der Waals surface area contributed by atoms with Gasteiger partial charge in [-0.1, -0.05) is 38.5 Å². The van der Waals surface area contributed by atoms with E-state index in [9.17, 15) is 0 Å². The normalized spacial score (nSPS) is 9.21. The van der Waals surface area contributed by atoms with Gasteiger partial charge in [-0.3, -0.25) is 0 Å². The molecule has 0 spiro atoms. The van der Waals surface area contributed by atoms with Crippen molar-refractivity contribution < 1.29 is 5.11 Å². The molecule has 0 aliphatic carbocycles. The lowest BCUT2D eigenvalue weighted by atomic mass is 10.0. The van der Waals surface area contributed by atoms with Crippen molar-refractivity contribution in [3.8, 4) is 0 Å². The molecule has 0 aromatic heterocycles. The van der Waals surface area contributed by atoms with E-state index in [2.05, 4.69) is 13.0 Å². The van der Waals surface area contributed by atoms with Gasteiger partial charge in [-0.25, -0.2) is 0 Å². The first-order valence-electron chi connectivity index (χ1n) is 5.17. The summed E-state index contributed by atoms with van der Waals surface area (Å²) < 4.78 is 0. The Morgan fingerprint density at radius 1 is 1.21 bits per heavy atom. The van der Waals surface area contributed by atoms with Crippen LogP contribution in [0.4, 0.5) is 5.69 Å². The highest BCUT2D eigenvalue weighted by atomic mass is 16.3. The van der Waals surface area contributed by atoms with E-state index < -0.39 is 0 Å². The smallest absolute Gasteiger partial charge is 0.0702 e. The van der Waals surface area contributed by atoms with Crippen LogP contribution < -0.4 is 5.73 Å². The number of benzene rings is 1. The first kappa shape index (κ1) is 13.0. The van der Waals surface area contributed by atoms with Gasteiger partial charge >= 0.3 is 0 Å². The van der Waals surface area contributed by atoms with Gasteiger partial charge in [0.25, 0.3) is 0 Å². The molecule has 3 N–H and O–H groups in total. The summed E-state index contributed by atoms with van der Waals surface area (Å²) in [5.41, 5.74) is 9.68. The maximum absolute atomic E-state index is 8.98. The second-order valence-corrected chi connectivity index (χ2v) is 3.01. The largest absolute Gasteiger partial charge is 0.398 e. The minimum atomic E-state index is 0.0283. The third kappa shape index (κ3) is 3.04. The van der Waals surface area contributed by atoms with E-state index in [0.717, 1.165) is 28.8 Å². The molecule has 0 fully saturated rings. The van der Waals surface area contributed by atoms with Crippen LogP contribution >= 0.6 is 0 Å². The molecule has 80 valence electrons.